The predicted octanol–water partition coefficient (Wildman–Crippen LogP) is 2.97. The zero-order valence-corrected chi connectivity index (χ0v) is 17.6. The molecule has 3 rings (SSSR count). The molecule has 0 N–H and O–H groups in total. The van der Waals surface area contributed by atoms with Crippen LogP contribution in [0.2, 0.25) is 0 Å². The van der Waals surface area contributed by atoms with Crippen molar-refractivity contribution in [3.05, 3.63) is 47.8 Å². The van der Waals surface area contributed by atoms with Crippen LogP contribution >= 0.6 is 0 Å². The standard InChI is InChI=1S/C21H27BN2O4/c1-14-12-15(22-27-20(2,3)21(4,5)28-22)8-9-17(14)24(6)19(25)16-10-11-23-13-18(16)26-7/h8-13H,1-7H3. The summed E-state index contributed by atoms with van der Waals surface area (Å²) in [5.41, 5.74) is 2.38. The van der Waals surface area contributed by atoms with Gasteiger partial charge in [0.05, 0.1) is 30.1 Å². The maximum Gasteiger partial charge on any atom is 0.494 e. The minimum atomic E-state index is -0.431. The summed E-state index contributed by atoms with van der Waals surface area (Å²) in [7, 11) is 2.84. The van der Waals surface area contributed by atoms with E-state index < -0.39 is 18.3 Å². The summed E-state index contributed by atoms with van der Waals surface area (Å²) in [5.74, 6) is 0.288. The average Bonchev–Trinajstić information content (AvgIpc) is 2.88. The van der Waals surface area contributed by atoms with E-state index in [-0.39, 0.29) is 5.91 Å². The number of rotatable bonds is 4. The van der Waals surface area contributed by atoms with Crippen molar-refractivity contribution in [2.75, 3.05) is 19.1 Å². The summed E-state index contributed by atoms with van der Waals surface area (Å²) in [6, 6.07) is 7.52. The second-order valence-electron chi connectivity index (χ2n) is 8.07. The Morgan fingerprint density at radius 2 is 1.79 bits per heavy atom. The van der Waals surface area contributed by atoms with Crippen LogP contribution in [0.1, 0.15) is 43.6 Å². The maximum absolute atomic E-state index is 13.0. The summed E-state index contributed by atoms with van der Waals surface area (Å²) >= 11 is 0. The fourth-order valence-electron chi connectivity index (χ4n) is 3.19. The first-order chi connectivity index (χ1) is 13.1. The first-order valence-corrected chi connectivity index (χ1v) is 9.29. The highest BCUT2D eigenvalue weighted by atomic mass is 16.7. The number of anilines is 1. The number of benzene rings is 1. The normalized spacial score (nSPS) is 17.5. The monoisotopic (exact) mass is 382 g/mol. The quantitative estimate of drug-likeness (QED) is 0.761. The second-order valence-corrected chi connectivity index (χ2v) is 8.07. The first-order valence-electron chi connectivity index (χ1n) is 9.29. The van der Waals surface area contributed by atoms with Crippen LogP contribution in [-0.2, 0) is 9.31 Å². The van der Waals surface area contributed by atoms with E-state index in [2.05, 4.69) is 4.98 Å². The van der Waals surface area contributed by atoms with Crippen LogP contribution in [0.15, 0.2) is 36.7 Å². The van der Waals surface area contributed by atoms with Gasteiger partial charge in [-0.3, -0.25) is 9.78 Å². The van der Waals surface area contributed by atoms with Gasteiger partial charge in [0, 0.05) is 18.9 Å². The smallest absolute Gasteiger partial charge is 0.494 e. The molecule has 1 amide bonds. The highest BCUT2D eigenvalue weighted by Crippen LogP contribution is 2.36. The summed E-state index contributed by atoms with van der Waals surface area (Å²) in [6.07, 6.45) is 3.12. The van der Waals surface area contributed by atoms with Gasteiger partial charge in [-0.2, -0.15) is 0 Å². The number of carbonyl (C=O) groups excluding carboxylic acids is 1. The molecule has 0 bridgehead atoms. The minimum Gasteiger partial charge on any atom is -0.494 e. The van der Waals surface area contributed by atoms with Crippen molar-refractivity contribution in [3.63, 3.8) is 0 Å². The minimum absolute atomic E-state index is 0.161. The lowest BCUT2D eigenvalue weighted by molar-refractivity contribution is 0.00578. The van der Waals surface area contributed by atoms with Crippen molar-refractivity contribution in [2.45, 2.75) is 45.8 Å². The number of nitrogens with zero attached hydrogens (tertiary/aromatic N) is 2. The number of aromatic nitrogens is 1. The Balaban J connectivity index is 1.86. The number of hydrogen-bond acceptors (Lipinski definition) is 5. The SMILES string of the molecule is COc1cnccc1C(=O)N(C)c1ccc(B2OC(C)(C)C(C)(C)O2)cc1C. The van der Waals surface area contributed by atoms with Gasteiger partial charge in [-0.05, 0) is 57.8 Å². The molecule has 0 spiro atoms. The molecule has 2 aromatic rings. The van der Waals surface area contributed by atoms with E-state index >= 15 is 0 Å². The highest BCUT2D eigenvalue weighted by molar-refractivity contribution is 6.62. The second kappa shape index (κ2) is 7.22. The molecule has 7 heteroatoms. The van der Waals surface area contributed by atoms with Crippen molar-refractivity contribution in [2.24, 2.45) is 0 Å². The third kappa shape index (κ3) is 3.52. The molecule has 1 fully saturated rings. The Kier molecular flexibility index (Phi) is 5.25. The van der Waals surface area contributed by atoms with Crippen LogP contribution in [0.25, 0.3) is 0 Å². The zero-order valence-electron chi connectivity index (χ0n) is 17.6. The summed E-state index contributed by atoms with van der Waals surface area (Å²) in [6.45, 7) is 10.1. The van der Waals surface area contributed by atoms with Crippen molar-refractivity contribution in [3.8, 4) is 5.75 Å². The Morgan fingerprint density at radius 3 is 2.36 bits per heavy atom. The van der Waals surface area contributed by atoms with E-state index in [1.165, 1.54) is 13.3 Å². The van der Waals surface area contributed by atoms with Gasteiger partial charge in [0.15, 0.2) is 0 Å². The summed E-state index contributed by atoms with van der Waals surface area (Å²) in [5, 5.41) is 0. The molecule has 1 saturated heterocycles. The molecule has 0 saturated carbocycles. The maximum atomic E-state index is 13.0. The molecule has 148 valence electrons. The number of pyridine rings is 1. The average molecular weight is 382 g/mol. The number of amides is 1. The van der Waals surface area contributed by atoms with Gasteiger partial charge in [-0.15, -0.1) is 0 Å². The predicted molar refractivity (Wildman–Crippen MR) is 110 cm³/mol. The fraction of sp³-hybridized carbons (Fsp3) is 0.429. The van der Waals surface area contributed by atoms with E-state index in [1.807, 2.05) is 52.8 Å². The number of methoxy groups -OCH3 is 1. The molecule has 0 atom stereocenters. The molecule has 1 aromatic carbocycles. The zero-order chi connectivity index (χ0) is 20.7. The van der Waals surface area contributed by atoms with E-state index in [9.17, 15) is 4.79 Å². The fourth-order valence-corrected chi connectivity index (χ4v) is 3.19. The van der Waals surface area contributed by atoms with Crippen molar-refractivity contribution < 1.29 is 18.8 Å². The Hall–Kier alpha value is -2.38. The van der Waals surface area contributed by atoms with Crippen LogP contribution in [0.4, 0.5) is 5.69 Å². The molecule has 6 nitrogen and oxygen atoms in total. The lowest BCUT2D eigenvalue weighted by Crippen LogP contribution is -2.41. The number of carbonyl (C=O) groups is 1. The molecular formula is C21H27BN2O4. The molecule has 0 radical (unpaired) electrons. The van der Waals surface area contributed by atoms with Crippen molar-refractivity contribution in [1.29, 1.82) is 0 Å². The third-order valence-electron chi connectivity index (χ3n) is 5.65. The van der Waals surface area contributed by atoms with Crippen molar-refractivity contribution in [1.82, 2.24) is 4.98 Å². The largest absolute Gasteiger partial charge is 0.494 e. The van der Waals surface area contributed by atoms with E-state index in [1.54, 1.807) is 24.2 Å². The molecule has 0 aliphatic carbocycles. The molecule has 1 aliphatic heterocycles. The Labute approximate surface area is 167 Å². The highest BCUT2D eigenvalue weighted by Gasteiger charge is 2.51. The van der Waals surface area contributed by atoms with Crippen molar-refractivity contribution >= 4 is 24.2 Å². The molecular weight excluding hydrogens is 355 g/mol. The van der Waals surface area contributed by atoms with Gasteiger partial charge >= 0.3 is 7.12 Å². The summed E-state index contributed by atoms with van der Waals surface area (Å²) < 4.78 is 17.5. The Bertz CT molecular complexity index is 882. The number of hydrogen-bond donors (Lipinski definition) is 0. The van der Waals surface area contributed by atoms with E-state index in [0.717, 1.165) is 16.7 Å². The third-order valence-corrected chi connectivity index (χ3v) is 5.65. The van der Waals surface area contributed by atoms with Crippen LogP contribution in [-0.4, -0.2) is 43.4 Å². The number of ether oxygens (including phenoxy) is 1. The van der Waals surface area contributed by atoms with E-state index in [0.29, 0.717) is 11.3 Å². The van der Waals surface area contributed by atoms with Crippen LogP contribution in [0.3, 0.4) is 0 Å². The molecule has 0 unspecified atom stereocenters. The van der Waals surface area contributed by atoms with Crippen LogP contribution in [0.5, 0.6) is 5.75 Å². The molecule has 1 aliphatic rings. The lowest BCUT2D eigenvalue weighted by atomic mass is 9.78. The topological polar surface area (TPSA) is 60.9 Å². The van der Waals surface area contributed by atoms with Gasteiger partial charge in [0.1, 0.15) is 5.75 Å². The molecule has 2 heterocycles. The van der Waals surface area contributed by atoms with Gasteiger partial charge in [0.25, 0.3) is 5.91 Å². The van der Waals surface area contributed by atoms with Gasteiger partial charge < -0.3 is 18.9 Å². The van der Waals surface area contributed by atoms with Gasteiger partial charge in [-0.25, -0.2) is 0 Å². The molecule has 1 aromatic heterocycles. The van der Waals surface area contributed by atoms with Gasteiger partial charge in [-0.1, -0.05) is 12.1 Å². The first kappa shape index (κ1) is 20.4. The molecule has 28 heavy (non-hydrogen) atoms. The summed E-state index contributed by atoms with van der Waals surface area (Å²) in [4.78, 5) is 18.6. The van der Waals surface area contributed by atoms with Crippen LogP contribution in [0, 0.1) is 6.92 Å². The van der Waals surface area contributed by atoms with E-state index in [4.69, 9.17) is 14.0 Å². The lowest BCUT2D eigenvalue weighted by Gasteiger charge is -2.32. The van der Waals surface area contributed by atoms with Gasteiger partial charge in [0.2, 0.25) is 0 Å². The number of aryl methyl sites for hydroxylation is 1. The van der Waals surface area contributed by atoms with Crippen LogP contribution < -0.4 is 15.1 Å². The Morgan fingerprint density at radius 1 is 1.14 bits per heavy atom.